The van der Waals surface area contributed by atoms with Crippen LogP contribution < -0.4 is 0 Å². The monoisotopic (exact) mass is 270 g/mol. The summed E-state index contributed by atoms with van der Waals surface area (Å²) in [5.41, 5.74) is -0.168. The minimum Gasteiger partial charge on any atom is -0.480 e. The van der Waals surface area contributed by atoms with Gasteiger partial charge in [0.2, 0.25) is 0 Å². The van der Waals surface area contributed by atoms with Gasteiger partial charge in [0.15, 0.2) is 0 Å². The van der Waals surface area contributed by atoms with Crippen LogP contribution in [0.3, 0.4) is 0 Å². The van der Waals surface area contributed by atoms with E-state index in [4.69, 9.17) is 5.11 Å². The van der Waals surface area contributed by atoms with Crippen LogP contribution in [-0.4, -0.2) is 22.2 Å². The molecule has 0 aliphatic heterocycles. The SMILES string of the molecule is O=C(O)C1=CCC(C=Cc2ccccc2)(C(=O)O)C=C1. The summed E-state index contributed by atoms with van der Waals surface area (Å²) in [7, 11) is 0. The predicted molar refractivity (Wildman–Crippen MR) is 75.0 cm³/mol. The summed E-state index contributed by atoms with van der Waals surface area (Å²) >= 11 is 0. The van der Waals surface area contributed by atoms with Crippen molar-refractivity contribution in [3.8, 4) is 0 Å². The smallest absolute Gasteiger partial charge is 0.335 e. The first kappa shape index (κ1) is 13.8. The molecule has 2 N–H and O–H groups in total. The van der Waals surface area contributed by atoms with Crippen LogP contribution in [0.2, 0.25) is 0 Å². The number of benzene rings is 1. The van der Waals surface area contributed by atoms with Crippen molar-refractivity contribution in [2.24, 2.45) is 5.41 Å². The zero-order valence-electron chi connectivity index (χ0n) is 10.7. The molecule has 0 heterocycles. The molecule has 0 aromatic heterocycles. The fourth-order valence-electron chi connectivity index (χ4n) is 1.97. The Kier molecular flexibility index (Phi) is 3.84. The van der Waals surface area contributed by atoms with E-state index in [0.29, 0.717) is 0 Å². The number of allylic oxidation sites excluding steroid dienone is 1. The normalized spacial score (nSPS) is 21.7. The fraction of sp³-hybridized carbons (Fsp3) is 0.125. The third-order valence-corrected chi connectivity index (χ3v) is 3.24. The molecule has 1 aliphatic carbocycles. The van der Waals surface area contributed by atoms with Gasteiger partial charge in [-0.1, -0.05) is 60.7 Å². The highest BCUT2D eigenvalue weighted by Crippen LogP contribution is 2.32. The molecule has 0 saturated heterocycles. The van der Waals surface area contributed by atoms with E-state index in [1.807, 2.05) is 30.3 Å². The number of rotatable bonds is 4. The molecular weight excluding hydrogens is 256 g/mol. The van der Waals surface area contributed by atoms with Crippen molar-refractivity contribution < 1.29 is 19.8 Å². The number of carboxylic acid groups (broad SMARTS) is 2. The Morgan fingerprint density at radius 1 is 1.15 bits per heavy atom. The van der Waals surface area contributed by atoms with Crippen molar-refractivity contribution >= 4 is 18.0 Å². The molecule has 20 heavy (non-hydrogen) atoms. The zero-order valence-corrected chi connectivity index (χ0v) is 10.7. The molecule has 0 saturated carbocycles. The van der Waals surface area contributed by atoms with Crippen LogP contribution in [0.25, 0.3) is 6.08 Å². The van der Waals surface area contributed by atoms with Gasteiger partial charge in [0.25, 0.3) is 0 Å². The summed E-state index contributed by atoms with van der Waals surface area (Å²) in [5.74, 6) is -2.05. The number of carboxylic acids is 2. The second-order valence-corrected chi connectivity index (χ2v) is 4.59. The van der Waals surface area contributed by atoms with E-state index in [0.717, 1.165) is 5.56 Å². The second-order valence-electron chi connectivity index (χ2n) is 4.59. The summed E-state index contributed by atoms with van der Waals surface area (Å²) in [4.78, 5) is 22.3. The molecule has 4 nitrogen and oxygen atoms in total. The van der Waals surface area contributed by atoms with Crippen molar-refractivity contribution in [2.45, 2.75) is 6.42 Å². The minimum atomic E-state index is -1.19. The lowest BCUT2D eigenvalue weighted by Crippen LogP contribution is -2.28. The molecule has 1 aromatic carbocycles. The standard InChI is InChI=1S/C16H14O4/c17-14(18)13-7-10-16(11-8-13,15(19)20)9-6-12-4-2-1-3-5-12/h1-10H,11H2,(H,17,18)(H,19,20). The van der Waals surface area contributed by atoms with Gasteiger partial charge in [-0.3, -0.25) is 4.79 Å². The Morgan fingerprint density at radius 3 is 2.35 bits per heavy atom. The molecule has 4 heteroatoms. The number of hydrogen-bond donors (Lipinski definition) is 2. The van der Waals surface area contributed by atoms with Gasteiger partial charge < -0.3 is 10.2 Å². The highest BCUT2D eigenvalue weighted by Gasteiger charge is 2.34. The molecule has 1 aromatic rings. The third-order valence-electron chi connectivity index (χ3n) is 3.24. The maximum absolute atomic E-state index is 11.5. The Morgan fingerprint density at radius 2 is 1.85 bits per heavy atom. The largest absolute Gasteiger partial charge is 0.480 e. The van der Waals surface area contributed by atoms with Gasteiger partial charge in [0, 0.05) is 0 Å². The summed E-state index contributed by atoms with van der Waals surface area (Å²) < 4.78 is 0. The summed E-state index contributed by atoms with van der Waals surface area (Å²) in [6, 6.07) is 9.36. The van der Waals surface area contributed by atoms with E-state index < -0.39 is 17.4 Å². The van der Waals surface area contributed by atoms with Crippen molar-refractivity contribution in [3.63, 3.8) is 0 Å². The van der Waals surface area contributed by atoms with Crippen LogP contribution in [0.15, 0.2) is 60.2 Å². The van der Waals surface area contributed by atoms with Crippen LogP contribution in [0.4, 0.5) is 0 Å². The molecule has 0 bridgehead atoms. The number of carbonyl (C=O) groups is 2. The maximum atomic E-state index is 11.5. The Labute approximate surface area is 116 Å². The molecule has 1 atom stereocenters. The molecule has 0 radical (unpaired) electrons. The maximum Gasteiger partial charge on any atom is 0.335 e. The quantitative estimate of drug-likeness (QED) is 0.882. The van der Waals surface area contributed by atoms with E-state index >= 15 is 0 Å². The number of aliphatic carboxylic acids is 2. The molecule has 102 valence electrons. The lowest BCUT2D eigenvalue weighted by molar-refractivity contribution is -0.143. The van der Waals surface area contributed by atoms with Gasteiger partial charge in [0.1, 0.15) is 5.41 Å². The van der Waals surface area contributed by atoms with Gasteiger partial charge in [-0.2, -0.15) is 0 Å². The Hall–Kier alpha value is -2.62. The second kappa shape index (κ2) is 5.57. The van der Waals surface area contributed by atoms with Crippen LogP contribution in [0.5, 0.6) is 0 Å². The molecule has 1 aliphatic rings. The Bertz CT molecular complexity index is 611. The van der Waals surface area contributed by atoms with Crippen molar-refractivity contribution in [1.29, 1.82) is 0 Å². The van der Waals surface area contributed by atoms with Gasteiger partial charge in [0.05, 0.1) is 5.57 Å². The zero-order chi connectivity index (χ0) is 14.6. The minimum absolute atomic E-state index is 0.120. The lowest BCUT2D eigenvalue weighted by Gasteiger charge is -2.23. The fourth-order valence-corrected chi connectivity index (χ4v) is 1.97. The molecule has 0 amide bonds. The summed E-state index contributed by atoms with van der Waals surface area (Å²) in [6.45, 7) is 0. The van der Waals surface area contributed by atoms with Gasteiger partial charge in [-0.05, 0) is 12.0 Å². The van der Waals surface area contributed by atoms with E-state index in [-0.39, 0.29) is 12.0 Å². The van der Waals surface area contributed by atoms with Crippen LogP contribution in [-0.2, 0) is 9.59 Å². The Balaban J connectivity index is 2.26. The van der Waals surface area contributed by atoms with Crippen LogP contribution in [0, 0.1) is 5.41 Å². The van der Waals surface area contributed by atoms with E-state index in [1.54, 1.807) is 12.2 Å². The van der Waals surface area contributed by atoms with Gasteiger partial charge in [-0.25, -0.2) is 4.79 Å². The summed E-state index contributed by atoms with van der Waals surface area (Å²) in [5, 5.41) is 18.3. The predicted octanol–water partition coefficient (Wildman–Crippen LogP) is 2.74. The molecule has 2 rings (SSSR count). The average molecular weight is 270 g/mol. The van der Waals surface area contributed by atoms with Crippen molar-refractivity contribution in [1.82, 2.24) is 0 Å². The topological polar surface area (TPSA) is 74.6 Å². The van der Waals surface area contributed by atoms with Crippen LogP contribution in [0.1, 0.15) is 12.0 Å². The first-order valence-electron chi connectivity index (χ1n) is 6.14. The van der Waals surface area contributed by atoms with E-state index in [9.17, 15) is 14.7 Å². The highest BCUT2D eigenvalue weighted by atomic mass is 16.4. The number of hydrogen-bond acceptors (Lipinski definition) is 2. The first-order valence-corrected chi connectivity index (χ1v) is 6.14. The van der Waals surface area contributed by atoms with E-state index in [2.05, 4.69) is 0 Å². The van der Waals surface area contributed by atoms with E-state index in [1.165, 1.54) is 18.2 Å². The lowest BCUT2D eigenvalue weighted by atomic mass is 9.79. The molecule has 0 fully saturated rings. The molecular formula is C16H14O4. The third kappa shape index (κ3) is 2.85. The van der Waals surface area contributed by atoms with Crippen molar-refractivity contribution in [2.75, 3.05) is 0 Å². The highest BCUT2D eigenvalue weighted by molar-refractivity contribution is 5.92. The average Bonchev–Trinajstić information content (AvgIpc) is 2.46. The molecule has 0 spiro atoms. The van der Waals surface area contributed by atoms with Crippen molar-refractivity contribution in [3.05, 3.63) is 65.8 Å². The summed E-state index contributed by atoms with van der Waals surface area (Å²) in [6.07, 6.45) is 7.66. The molecule has 1 unspecified atom stereocenters. The van der Waals surface area contributed by atoms with Crippen LogP contribution >= 0.6 is 0 Å². The van der Waals surface area contributed by atoms with Gasteiger partial charge >= 0.3 is 11.9 Å². The van der Waals surface area contributed by atoms with Gasteiger partial charge in [-0.15, -0.1) is 0 Å². The first-order chi connectivity index (χ1) is 9.53.